The summed E-state index contributed by atoms with van der Waals surface area (Å²) in [7, 11) is -3.66. The molecule has 0 radical (unpaired) electrons. The Balaban J connectivity index is 1.58. The molecule has 0 aliphatic carbocycles. The fourth-order valence-corrected chi connectivity index (χ4v) is 4.62. The van der Waals surface area contributed by atoms with Crippen molar-refractivity contribution in [2.24, 2.45) is 0 Å². The van der Waals surface area contributed by atoms with E-state index >= 15 is 0 Å². The van der Waals surface area contributed by atoms with Crippen molar-refractivity contribution in [3.63, 3.8) is 0 Å². The number of carbonyl (C=O) groups excluding carboxylic acids is 2. The van der Waals surface area contributed by atoms with Gasteiger partial charge in [0, 0.05) is 25.9 Å². The van der Waals surface area contributed by atoms with E-state index in [0.29, 0.717) is 25.8 Å². The van der Waals surface area contributed by atoms with Gasteiger partial charge < -0.3 is 4.74 Å². The molecule has 2 aliphatic rings. The van der Waals surface area contributed by atoms with Crippen molar-refractivity contribution in [2.75, 3.05) is 25.4 Å². The number of carbonyl (C=O) groups is 2. The van der Waals surface area contributed by atoms with Crippen LogP contribution in [0.5, 0.6) is 6.01 Å². The Morgan fingerprint density at radius 3 is 2.48 bits per heavy atom. The number of rotatable bonds is 6. The quantitative estimate of drug-likeness (QED) is 0.633. The molecule has 1 aromatic heterocycles. The van der Waals surface area contributed by atoms with Gasteiger partial charge in [0.1, 0.15) is 6.10 Å². The largest absolute Gasteiger partial charge is 0.459 e. The summed E-state index contributed by atoms with van der Waals surface area (Å²) in [6, 6.07) is -0.00911. The molecule has 27 heavy (non-hydrogen) atoms. The number of hydrogen-bond donors (Lipinski definition) is 0. The molecule has 0 aromatic carbocycles. The Kier molecular flexibility index (Phi) is 6.00. The average Bonchev–Trinajstić information content (AvgIpc) is 2.63. The van der Waals surface area contributed by atoms with E-state index in [4.69, 9.17) is 4.74 Å². The molecule has 0 spiro atoms. The molecule has 3 rings (SSSR count). The Morgan fingerprint density at radius 2 is 1.81 bits per heavy atom. The van der Waals surface area contributed by atoms with Crippen LogP contribution < -0.4 is 4.74 Å². The number of imide groups is 1. The van der Waals surface area contributed by atoms with Crippen LogP contribution >= 0.6 is 0 Å². The summed E-state index contributed by atoms with van der Waals surface area (Å²) in [5, 5.41) is 0. The summed E-state index contributed by atoms with van der Waals surface area (Å²) < 4.78 is 45.0. The van der Waals surface area contributed by atoms with Crippen LogP contribution in [0.15, 0.2) is 12.4 Å². The van der Waals surface area contributed by atoms with Gasteiger partial charge in [0.25, 0.3) is 0 Å². The molecule has 2 amide bonds. The third-order valence-corrected chi connectivity index (χ3v) is 6.38. The summed E-state index contributed by atoms with van der Waals surface area (Å²) >= 11 is 0. The lowest BCUT2D eigenvalue weighted by atomic mass is 10.1. The van der Waals surface area contributed by atoms with Crippen molar-refractivity contribution < 1.29 is 27.1 Å². The summed E-state index contributed by atoms with van der Waals surface area (Å²) in [5.74, 6) is -1.55. The van der Waals surface area contributed by atoms with Crippen LogP contribution in [0.1, 0.15) is 32.1 Å². The van der Waals surface area contributed by atoms with Crippen molar-refractivity contribution in [3.8, 4) is 6.01 Å². The van der Waals surface area contributed by atoms with Gasteiger partial charge in [-0.1, -0.05) is 0 Å². The Morgan fingerprint density at radius 1 is 1.15 bits per heavy atom. The van der Waals surface area contributed by atoms with Gasteiger partial charge in [0.15, 0.2) is 5.82 Å². The number of ether oxygens (including phenoxy) is 1. The van der Waals surface area contributed by atoms with Crippen LogP contribution in [0, 0.1) is 5.82 Å². The summed E-state index contributed by atoms with van der Waals surface area (Å²) in [4.78, 5) is 32.1. The first-order valence-corrected chi connectivity index (χ1v) is 10.4. The molecule has 0 saturated carbocycles. The second kappa shape index (κ2) is 8.26. The third kappa shape index (κ3) is 4.98. The number of sulfonamides is 1. The maximum Gasteiger partial charge on any atom is 0.316 e. The van der Waals surface area contributed by atoms with E-state index in [1.807, 2.05) is 0 Å². The monoisotopic (exact) mass is 400 g/mol. The molecule has 1 unspecified atom stereocenters. The highest BCUT2D eigenvalue weighted by molar-refractivity contribution is 7.89. The lowest BCUT2D eigenvalue weighted by molar-refractivity contribution is -0.147. The zero-order valence-corrected chi connectivity index (χ0v) is 15.5. The molecule has 2 aliphatic heterocycles. The maximum atomic E-state index is 12.9. The van der Waals surface area contributed by atoms with Crippen molar-refractivity contribution in [1.82, 2.24) is 19.2 Å². The third-order valence-electron chi connectivity index (χ3n) is 4.56. The highest BCUT2D eigenvalue weighted by Gasteiger charge is 2.32. The van der Waals surface area contributed by atoms with Gasteiger partial charge in [-0.05, 0) is 19.3 Å². The van der Waals surface area contributed by atoms with Crippen LogP contribution in [-0.4, -0.2) is 70.9 Å². The lowest BCUT2D eigenvalue weighted by Crippen LogP contribution is -2.48. The van der Waals surface area contributed by atoms with Crippen molar-refractivity contribution in [1.29, 1.82) is 0 Å². The van der Waals surface area contributed by atoms with Crippen LogP contribution in [0.25, 0.3) is 0 Å². The summed E-state index contributed by atoms with van der Waals surface area (Å²) in [6.45, 7) is 0.322. The minimum Gasteiger partial charge on any atom is -0.459 e. The van der Waals surface area contributed by atoms with E-state index in [0.717, 1.165) is 17.3 Å². The number of likely N-dealkylation sites (tertiary alicyclic amines) is 1. The minimum atomic E-state index is -3.66. The van der Waals surface area contributed by atoms with Gasteiger partial charge in [0.2, 0.25) is 21.8 Å². The van der Waals surface area contributed by atoms with Crippen LogP contribution in [0.3, 0.4) is 0 Å². The lowest BCUT2D eigenvalue weighted by Gasteiger charge is -2.32. The second-order valence-corrected chi connectivity index (χ2v) is 8.62. The minimum absolute atomic E-state index is 0.00911. The fourth-order valence-electron chi connectivity index (χ4n) is 3.15. The van der Waals surface area contributed by atoms with E-state index in [2.05, 4.69) is 9.97 Å². The molecule has 2 saturated heterocycles. The molecule has 9 nitrogen and oxygen atoms in total. The number of piperidine rings is 2. The molecule has 3 heterocycles. The maximum absolute atomic E-state index is 12.9. The molecule has 0 N–H and O–H groups in total. The van der Waals surface area contributed by atoms with E-state index in [1.165, 1.54) is 4.31 Å². The highest BCUT2D eigenvalue weighted by Crippen LogP contribution is 2.19. The van der Waals surface area contributed by atoms with Crippen molar-refractivity contribution in [2.45, 2.75) is 38.2 Å². The van der Waals surface area contributed by atoms with Gasteiger partial charge in [-0.25, -0.2) is 22.8 Å². The van der Waals surface area contributed by atoms with E-state index in [9.17, 15) is 22.4 Å². The zero-order chi connectivity index (χ0) is 19.4. The van der Waals surface area contributed by atoms with Crippen LogP contribution in [0.2, 0.25) is 0 Å². The van der Waals surface area contributed by atoms with Gasteiger partial charge in [-0.3, -0.25) is 14.5 Å². The van der Waals surface area contributed by atoms with Crippen molar-refractivity contribution >= 4 is 21.8 Å². The van der Waals surface area contributed by atoms with Gasteiger partial charge in [0.05, 0.1) is 24.7 Å². The first kappa shape index (κ1) is 19.6. The van der Waals surface area contributed by atoms with E-state index in [1.54, 1.807) is 0 Å². The Hall–Kier alpha value is -2.14. The molecule has 0 bridgehead atoms. The second-order valence-electron chi connectivity index (χ2n) is 6.53. The van der Waals surface area contributed by atoms with Gasteiger partial charge in [-0.2, -0.15) is 4.31 Å². The topological polar surface area (TPSA) is 110 Å². The van der Waals surface area contributed by atoms with Crippen LogP contribution in [0.4, 0.5) is 4.39 Å². The first-order chi connectivity index (χ1) is 12.8. The molecule has 11 heteroatoms. The summed E-state index contributed by atoms with van der Waals surface area (Å²) in [6.07, 6.45) is 3.77. The molecular formula is C16H21FN4O5S. The number of amides is 2. The van der Waals surface area contributed by atoms with E-state index < -0.39 is 21.9 Å². The predicted molar refractivity (Wildman–Crippen MR) is 91.6 cm³/mol. The number of halogens is 1. The Bertz CT molecular complexity index is 786. The first-order valence-electron chi connectivity index (χ1n) is 8.80. The van der Waals surface area contributed by atoms with Gasteiger partial charge >= 0.3 is 6.01 Å². The SMILES string of the molecule is O=C1CCCC(=O)N1CCS(=O)(=O)N1CCCC(Oc2ncc(F)cn2)C1. The smallest absolute Gasteiger partial charge is 0.316 e. The standard InChI is InChI=1S/C16H21FN4O5S/c17-12-9-18-16(19-10-12)26-13-3-2-6-20(11-13)27(24,25)8-7-21-14(22)4-1-5-15(21)23/h9-10,13H,1-8,11H2. The number of nitrogens with zero attached hydrogens (tertiary/aromatic N) is 4. The molecule has 1 aromatic rings. The highest BCUT2D eigenvalue weighted by atomic mass is 32.2. The van der Waals surface area contributed by atoms with E-state index in [-0.39, 0.29) is 49.5 Å². The van der Waals surface area contributed by atoms with Crippen LogP contribution in [-0.2, 0) is 19.6 Å². The molecule has 2 fully saturated rings. The predicted octanol–water partition coefficient (Wildman–Crippen LogP) is 0.328. The van der Waals surface area contributed by atoms with Crippen molar-refractivity contribution in [3.05, 3.63) is 18.2 Å². The normalized spacial score (nSPS) is 22.1. The fraction of sp³-hybridized carbons (Fsp3) is 0.625. The molecule has 1 atom stereocenters. The summed E-state index contributed by atoms with van der Waals surface area (Å²) in [5.41, 5.74) is 0. The average molecular weight is 400 g/mol. The Labute approximate surface area is 156 Å². The molecular weight excluding hydrogens is 379 g/mol. The number of hydrogen-bond acceptors (Lipinski definition) is 7. The number of aromatic nitrogens is 2. The van der Waals surface area contributed by atoms with Gasteiger partial charge in [-0.15, -0.1) is 0 Å². The molecule has 148 valence electrons. The zero-order valence-electron chi connectivity index (χ0n) is 14.7.